The van der Waals surface area contributed by atoms with Gasteiger partial charge in [0.25, 0.3) is 0 Å². The van der Waals surface area contributed by atoms with Crippen LogP contribution < -0.4 is 0 Å². The molecule has 5 heteroatoms. The summed E-state index contributed by atoms with van der Waals surface area (Å²) in [5.41, 5.74) is 4.97. The predicted octanol–water partition coefficient (Wildman–Crippen LogP) is 7.81. The van der Waals surface area contributed by atoms with Crippen LogP contribution in [0.25, 0.3) is 0 Å². The van der Waals surface area contributed by atoms with Crippen molar-refractivity contribution in [1.29, 1.82) is 0 Å². The van der Waals surface area contributed by atoms with Gasteiger partial charge in [-0.25, -0.2) is 4.58 Å². The lowest BCUT2D eigenvalue weighted by Gasteiger charge is -2.56. The third-order valence-corrected chi connectivity index (χ3v) is 7.88. The van der Waals surface area contributed by atoms with Crippen molar-refractivity contribution >= 4 is 50.1 Å². The maximum Gasteiger partial charge on any atom is 0.334 e. The summed E-state index contributed by atoms with van der Waals surface area (Å²) in [4.78, 5) is 0. The predicted molar refractivity (Wildman–Crippen MR) is 122 cm³/mol. The first-order chi connectivity index (χ1) is 12.3. The third kappa shape index (κ3) is 3.38. The Morgan fingerprint density at radius 2 is 1.52 bits per heavy atom. The van der Waals surface area contributed by atoms with E-state index in [1.807, 2.05) is 0 Å². The number of halogens is 3. The minimum Gasteiger partial charge on any atom is -0.339 e. The van der Waals surface area contributed by atoms with Crippen LogP contribution in [0.2, 0.25) is 0 Å². The first kappa shape index (κ1) is 21.5. The highest BCUT2D eigenvalue weighted by Gasteiger charge is 2.61. The summed E-state index contributed by atoms with van der Waals surface area (Å²) in [7, 11) is 0. The fraction of sp³-hybridized carbons (Fsp3) is 0.682. The molecule has 0 aromatic heterocycles. The molecule has 1 saturated carbocycles. The average Bonchev–Trinajstić information content (AvgIpc) is 2.54. The van der Waals surface area contributed by atoms with Crippen molar-refractivity contribution in [1.82, 2.24) is 0 Å². The zero-order chi connectivity index (χ0) is 20.4. The average molecular weight is 429 g/mol. The van der Waals surface area contributed by atoms with E-state index in [0.717, 1.165) is 24.9 Å². The largest absolute Gasteiger partial charge is 0.339 e. The fourth-order valence-corrected chi connectivity index (χ4v) is 6.61. The van der Waals surface area contributed by atoms with E-state index in [2.05, 4.69) is 71.2 Å². The molecule has 0 N–H and O–H groups in total. The summed E-state index contributed by atoms with van der Waals surface area (Å²) in [6.45, 7) is 16.1. The SMILES string of the molecule is CC(C)c1cccc(C(C)C)c1[N+]1=C([B-](Cl)(Cl)Cl)[C@]2(C)CC[C@@]1(C)C[C@@H]2C. The lowest BCUT2D eigenvalue weighted by Crippen LogP contribution is -2.64. The number of nitrogens with zero attached hydrogens (tertiary/aromatic N) is 1. The van der Waals surface area contributed by atoms with Gasteiger partial charge in [-0.05, 0) is 24.2 Å². The molecular formula is C22H33BCl3N. The van der Waals surface area contributed by atoms with Crippen molar-refractivity contribution < 1.29 is 4.58 Å². The van der Waals surface area contributed by atoms with Gasteiger partial charge in [-0.2, -0.15) is 0 Å². The molecule has 0 spiro atoms. The van der Waals surface area contributed by atoms with Crippen molar-refractivity contribution in [3.63, 3.8) is 0 Å². The number of benzene rings is 1. The minimum absolute atomic E-state index is 0.00713. The van der Waals surface area contributed by atoms with Crippen LogP contribution in [-0.4, -0.2) is 20.1 Å². The first-order valence-corrected chi connectivity index (χ1v) is 11.6. The second-order valence-electron chi connectivity index (χ2n) is 9.91. The summed E-state index contributed by atoms with van der Waals surface area (Å²) < 4.78 is 0.334. The van der Waals surface area contributed by atoms with Gasteiger partial charge in [-0.3, -0.25) is 0 Å². The van der Waals surface area contributed by atoms with Crippen LogP contribution in [-0.2, 0) is 0 Å². The Labute approximate surface area is 180 Å². The fourth-order valence-electron chi connectivity index (χ4n) is 5.57. The highest BCUT2D eigenvalue weighted by Crippen LogP contribution is 2.57. The van der Waals surface area contributed by atoms with Gasteiger partial charge in [0.2, 0.25) is 5.69 Å². The van der Waals surface area contributed by atoms with Gasteiger partial charge >= 0.3 is 4.39 Å². The van der Waals surface area contributed by atoms with Crippen molar-refractivity contribution in [2.75, 3.05) is 0 Å². The summed E-state index contributed by atoms with van der Waals surface area (Å²) in [5.74, 6) is 1.34. The summed E-state index contributed by atoms with van der Waals surface area (Å²) >= 11 is 20.2. The lowest BCUT2D eigenvalue weighted by molar-refractivity contribution is -0.555. The quantitative estimate of drug-likeness (QED) is 0.340. The molecule has 27 heavy (non-hydrogen) atoms. The molecule has 0 unspecified atom stereocenters. The van der Waals surface area contributed by atoms with Crippen LogP contribution in [0.5, 0.6) is 0 Å². The molecule has 2 aliphatic heterocycles. The molecule has 2 bridgehead atoms. The van der Waals surface area contributed by atoms with Crippen LogP contribution in [0.3, 0.4) is 0 Å². The van der Waals surface area contributed by atoms with Crippen LogP contribution in [0, 0.1) is 11.3 Å². The molecule has 0 radical (unpaired) electrons. The normalized spacial score (nSPS) is 31.3. The van der Waals surface area contributed by atoms with Crippen molar-refractivity contribution in [3.8, 4) is 0 Å². The molecule has 3 aliphatic rings. The van der Waals surface area contributed by atoms with Crippen LogP contribution in [0.15, 0.2) is 18.2 Å². The molecule has 1 nitrogen and oxygen atoms in total. The van der Waals surface area contributed by atoms with Crippen LogP contribution in [0.1, 0.15) is 90.7 Å². The van der Waals surface area contributed by atoms with E-state index in [9.17, 15) is 0 Å². The van der Waals surface area contributed by atoms with E-state index < -0.39 is 4.39 Å². The van der Waals surface area contributed by atoms with Crippen molar-refractivity contribution in [3.05, 3.63) is 29.3 Å². The molecule has 3 atom stereocenters. The van der Waals surface area contributed by atoms with Crippen LogP contribution in [0.4, 0.5) is 5.69 Å². The molecule has 0 saturated heterocycles. The zero-order valence-electron chi connectivity index (χ0n) is 17.7. The van der Waals surface area contributed by atoms with Gasteiger partial charge < -0.3 is 34.4 Å². The van der Waals surface area contributed by atoms with Gasteiger partial charge in [0.15, 0.2) is 5.54 Å². The smallest absolute Gasteiger partial charge is 0.334 e. The summed E-state index contributed by atoms with van der Waals surface area (Å²) in [5, 5.41) is 0. The first-order valence-electron chi connectivity index (χ1n) is 10.3. The molecule has 4 rings (SSSR count). The maximum absolute atomic E-state index is 6.75. The zero-order valence-corrected chi connectivity index (χ0v) is 20.0. The molecule has 1 aliphatic carbocycles. The highest BCUT2D eigenvalue weighted by molar-refractivity contribution is 7.75. The van der Waals surface area contributed by atoms with Crippen molar-refractivity contribution in [2.24, 2.45) is 11.3 Å². The van der Waals surface area contributed by atoms with Gasteiger partial charge in [-0.15, -0.1) is 0 Å². The maximum atomic E-state index is 6.75. The Hall–Kier alpha value is -0.175. The number of hydrogen-bond donors (Lipinski definition) is 0. The van der Waals surface area contributed by atoms with Gasteiger partial charge in [0.05, 0.1) is 5.61 Å². The lowest BCUT2D eigenvalue weighted by atomic mass is 9.52. The number of fused-ring (bicyclic) bond motifs is 2. The summed E-state index contributed by atoms with van der Waals surface area (Å²) in [6, 6.07) is 6.70. The van der Waals surface area contributed by atoms with Gasteiger partial charge in [0, 0.05) is 36.3 Å². The number of para-hydroxylation sites is 1. The Kier molecular flexibility index (Phi) is 5.55. The second kappa shape index (κ2) is 6.96. The third-order valence-electron chi connectivity index (χ3n) is 7.26. The highest BCUT2D eigenvalue weighted by atomic mass is 35.6. The van der Waals surface area contributed by atoms with E-state index >= 15 is 0 Å². The standard InChI is InChI=1S/C22H33BCl3N/c1-14(2)17-9-8-10-18(15(3)4)19(17)27-20(23(24,25)26)22(7)12-11-21(27,6)13-16(22)5/h8-10,14-16H,11-13H2,1-7H3/t16-,21-,22+/m0/s1. The summed E-state index contributed by atoms with van der Waals surface area (Å²) in [6.07, 6.45) is 3.36. The second-order valence-corrected chi connectivity index (χ2v) is 12.5. The Bertz CT molecular complexity index is 754. The molecule has 150 valence electrons. The van der Waals surface area contributed by atoms with E-state index in [0.29, 0.717) is 17.8 Å². The van der Waals surface area contributed by atoms with Gasteiger partial charge in [0.1, 0.15) is 0 Å². The minimum atomic E-state index is -2.16. The van der Waals surface area contributed by atoms with Gasteiger partial charge in [-0.1, -0.05) is 59.7 Å². The monoisotopic (exact) mass is 427 g/mol. The Morgan fingerprint density at radius 1 is 1.00 bits per heavy atom. The van der Waals surface area contributed by atoms with E-state index in [1.54, 1.807) is 0 Å². The van der Waals surface area contributed by atoms with E-state index in [1.165, 1.54) is 16.8 Å². The topological polar surface area (TPSA) is 3.01 Å². The van der Waals surface area contributed by atoms with E-state index in [-0.39, 0.29) is 11.0 Å². The molecule has 1 aromatic carbocycles. The van der Waals surface area contributed by atoms with Crippen molar-refractivity contribution in [2.45, 2.75) is 85.1 Å². The molecule has 2 heterocycles. The molecule has 1 fully saturated rings. The molecule has 1 aromatic rings. The Morgan fingerprint density at radius 3 is 1.93 bits per heavy atom. The number of hydrogen-bond acceptors (Lipinski definition) is 0. The molecule has 0 amide bonds. The van der Waals surface area contributed by atoms with Crippen LogP contribution >= 0.6 is 34.4 Å². The Balaban J connectivity index is 2.48. The molecular weight excluding hydrogens is 395 g/mol. The number of rotatable bonds is 4. The van der Waals surface area contributed by atoms with E-state index in [4.69, 9.17) is 34.4 Å².